The lowest BCUT2D eigenvalue weighted by Crippen LogP contribution is -2.28. The van der Waals surface area contributed by atoms with Crippen molar-refractivity contribution in [1.29, 1.82) is 0 Å². The number of fused-ring (bicyclic) bond motifs is 12. The molecule has 14 aromatic rings. The molecular formula is C67H42N2S. The summed E-state index contributed by atoms with van der Waals surface area (Å²) in [5.74, 6) is 0. The Bertz CT molecular complexity index is 4350. The molecule has 2 nitrogen and oxygen atoms in total. The largest absolute Gasteiger partial charge is 0.309 e. The second-order valence-corrected chi connectivity index (χ2v) is 19.9. The third-order valence-electron chi connectivity index (χ3n) is 15.2. The smallest absolute Gasteiger partial charge is 0.0714 e. The Morgan fingerprint density at radius 1 is 0.271 bits per heavy atom. The van der Waals surface area contributed by atoms with Gasteiger partial charge in [0.1, 0.15) is 0 Å². The van der Waals surface area contributed by atoms with E-state index in [0.717, 1.165) is 5.69 Å². The number of thiophene rings is 1. The zero-order chi connectivity index (χ0) is 45.9. The average molecular weight is 907 g/mol. The maximum atomic E-state index is 2.54. The van der Waals surface area contributed by atoms with Crippen LogP contribution in [0.5, 0.6) is 0 Å². The zero-order valence-corrected chi connectivity index (χ0v) is 38.9. The van der Waals surface area contributed by atoms with Gasteiger partial charge in [-0.2, -0.15) is 0 Å². The first-order valence-corrected chi connectivity index (χ1v) is 25.0. The van der Waals surface area contributed by atoms with Crippen LogP contribution < -0.4 is 0 Å². The highest BCUT2D eigenvalue weighted by molar-refractivity contribution is 7.25. The van der Waals surface area contributed by atoms with E-state index in [4.69, 9.17) is 0 Å². The van der Waals surface area contributed by atoms with Crippen molar-refractivity contribution < 1.29 is 0 Å². The summed E-state index contributed by atoms with van der Waals surface area (Å²) in [4.78, 5) is 0. The molecule has 0 bridgehead atoms. The van der Waals surface area contributed by atoms with E-state index in [9.17, 15) is 0 Å². The number of aromatic nitrogens is 2. The van der Waals surface area contributed by atoms with Crippen LogP contribution in [0.25, 0.3) is 109 Å². The van der Waals surface area contributed by atoms with E-state index in [1.807, 2.05) is 11.3 Å². The van der Waals surface area contributed by atoms with Gasteiger partial charge in [0.05, 0.1) is 27.5 Å². The quantitative estimate of drug-likeness (QED) is 0.157. The van der Waals surface area contributed by atoms with E-state index in [-0.39, 0.29) is 0 Å². The van der Waals surface area contributed by atoms with Crippen LogP contribution in [0.1, 0.15) is 22.3 Å². The molecule has 1 aliphatic rings. The van der Waals surface area contributed by atoms with Crippen molar-refractivity contribution >= 4 is 75.1 Å². The molecule has 326 valence electrons. The Kier molecular flexibility index (Phi) is 8.48. The Morgan fingerprint density at radius 2 is 0.714 bits per heavy atom. The van der Waals surface area contributed by atoms with E-state index >= 15 is 0 Å². The summed E-state index contributed by atoms with van der Waals surface area (Å²) in [6.45, 7) is 0. The Hall–Kier alpha value is -8.76. The molecule has 3 heterocycles. The van der Waals surface area contributed by atoms with Gasteiger partial charge in [-0.15, -0.1) is 11.3 Å². The summed E-state index contributed by atoms with van der Waals surface area (Å²) in [5, 5.41) is 7.60. The van der Waals surface area contributed by atoms with Gasteiger partial charge in [0.15, 0.2) is 0 Å². The molecule has 11 aromatic carbocycles. The molecule has 0 atom stereocenters. The van der Waals surface area contributed by atoms with Crippen molar-refractivity contribution in [1.82, 2.24) is 9.13 Å². The lowest BCUT2D eigenvalue weighted by atomic mass is 9.67. The summed E-state index contributed by atoms with van der Waals surface area (Å²) < 4.78 is 7.53. The van der Waals surface area contributed by atoms with Crippen LogP contribution in [-0.4, -0.2) is 9.13 Å². The van der Waals surface area contributed by atoms with Gasteiger partial charge in [-0.05, 0) is 116 Å². The van der Waals surface area contributed by atoms with Gasteiger partial charge in [0, 0.05) is 53.1 Å². The molecule has 0 N–H and O–H groups in total. The summed E-state index contributed by atoms with van der Waals surface area (Å²) >= 11 is 1.90. The highest BCUT2D eigenvalue weighted by atomic mass is 32.1. The zero-order valence-electron chi connectivity index (χ0n) is 38.1. The highest BCUT2D eigenvalue weighted by Crippen LogP contribution is 2.58. The number of para-hydroxylation sites is 2. The van der Waals surface area contributed by atoms with Gasteiger partial charge in [-0.1, -0.05) is 194 Å². The lowest BCUT2D eigenvalue weighted by Gasteiger charge is -2.34. The molecule has 0 aliphatic heterocycles. The van der Waals surface area contributed by atoms with Crippen molar-refractivity contribution in [2.75, 3.05) is 0 Å². The summed E-state index contributed by atoms with van der Waals surface area (Å²) in [6, 6.07) is 94.9. The maximum absolute atomic E-state index is 2.54. The molecular weight excluding hydrogens is 865 g/mol. The number of nitrogens with zero attached hydrogens (tertiary/aromatic N) is 2. The molecule has 15 rings (SSSR count). The van der Waals surface area contributed by atoms with Crippen molar-refractivity contribution in [3.63, 3.8) is 0 Å². The molecule has 0 fully saturated rings. The van der Waals surface area contributed by atoms with E-state index in [0.29, 0.717) is 0 Å². The van der Waals surface area contributed by atoms with Crippen LogP contribution in [-0.2, 0) is 5.41 Å². The van der Waals surface area contributed by atoms with Gasteiger partial charge in [0.2, 0.25) is 0 Å². The second-order valence-electron chi connectivity index (χ2n) is 18.8. The normalized spacial score (nSPS) is 13.0. The summed E-state index contributed by atoms with van der Waals surface area (Å²) in [6.07, 6.45) is 0. The maximum Gasteiger partial charge on any atom is 0.0714 e. The minimum Gasteiger partial charge on any atom is -0.309 e. The first-order valence-electron chi connectivity index (χ1n) is 24.2. The SMILES string of the molecule is c1ccc(-c2ccc3c4ccccc4n(-c4ccc5c(c4)C(c4ccccc4)(c4ccccc4)c4cc6c(cc4-5)sc4cc(-n5c7ccccc7c7ccc(-c8ccccc8)cc75)ccc46)c3c2)cc1. The Morgan fingerprint density at radius 3 is 1.29 bits per heavy atom. The summed E-state index contributed by atoms with van der Waals surface area (Å²) in [5.41, 5.74) is 19.1. The molecule has 3 aromatic heterocycles. The van der Waals surface area contributed by atoms with Gasteiger partial charge in [-0.3, -0.25) is 0 Å². The van der Waals surface area contributed by atoms with E-state index in [2.05, 4.69) is 264 Å². The fourth-order valence-electron chi connectivity index (χ4n) is 12.1. The van der Waals surface area contributed by atoms with Crippen LogP contribution >= 0.6 is 11.3 Å². The molecule has 0 saturated heterocycles. The Balaban J connectivity index is 0.963. The van der Waals surface area contributed by atoms with Gasteiger partial charge >= 0.3 is 0 Å². The van der Waals surface area contributed by atoms with E-state index in [1.54, 1.807) is 0 Å². The minimum absolute atomic E-state index is 0.584. The number of hydrogen-bond donors (Lipinski definition) is 0. The molecule has 0 spiro atoms. The van der Waals surface area contributed by atoms with Gasteiger partial charge in [-0.25, -0.2) is 0 Å². The molecule has 0 unspecified atom stereocenters. The fourth-order valence-corrected chi connectivity index (χ4v) is 13.3. The van der Waals surface area contributed by atoms with Crippen LogP contribution in [0, 0.1) is 0 Å². The van der Waals surface area contributed by atoms with Crippen molar-refractivity contribution in [3.8, 4) is 44.8 Å². The molecule has 70 heavy (non-hydrogen) atoms. The standard InChI is InChI=1S/C67H42N2S/c1-5-17-43(18-6-1)45-29-33-54-52-25-13-15-27-61(52)68(63(54)37-45)49-31-35-51-57-42-66-58(41-60(57)67(59(51)39-49,47-21-9-3-10-22-47)48-23-11-4-12-24-48)56-36-32-50(40-65(56)70-66)69-62-28-16-14-26-53(62)55-34-30-46(38-64(55)69)44-19-7-2-8-20-44/h1-42H. The number of benzene rings is 11. The van der Waals surface area contributed by atoms with E-state index in [1.165, 1.54) is 125 Å². The monoisotopic (exact) mass is 906 g/mol. The van der Waals surface area contributed by atoms with E-state index < -0.39 is 5.41 Å². The molecule has 0 amide bonds. The third kappa shape index (κ3) is 5.61. The molecule has 0 radical (unpaired) electrons. The Labute approximate surface area is 409 Å². The number of hydrogen-bond acceptors (Lipinski definition) is 1. The average Bonchev–Trinajstić information content (AvgIpc) is 4.15. The van der Waals surface area contributed by atoms with Crippen LogP contribution in [0.15, 0.2) is 255 Å². The van der Waals surface area contributed by atoms with Gasteiger partial charge < -0.3 is 9.13 Å². The fraction of sp³-hybridized carbons (Fsp3) is 0.0149. The minimum atomic E-state index is -0.584. The lowest BCUT2D eigenvalue weighted by molar-refractivity contribution is 0.768. The molecule has 1 aliphatic carbocycles. The van der Waals surface area contributed by atoms with Crippen molar-refractivity contribution in [2.45, 2.75) is 5.41 Å². The highest BCUT2D eigenvalue weighted by Gasteiger charge is 2.47. The van der Waals surface area contributed by atoms with Crippen LogP contribution in [0.4, 0.5) is 0 Å². The predicted molar refractivity (Wildman–Crippen MR) is 296 cm³/mol. The predicted octanol–water partition coefficient (Wildman–Crippen LogP) is 17.9. The molecule has 0 saturated carbocycles. The van der Waals surface area contributed by atoms with Crippen molar-refractivity contribution in [2.24, 2.45) is 0 Å². The first kappa shape index (κ1) is 39.3. The van der Waals surface area contributed by atoms with Gasteiger partial charge in [0.25, 0.3) is 0 Å². The van der Waals surface area contributed by atoms with Crippen molar-refractivity contribution in [3.05, 3.63) is 277 Å². The summed E-state index contributed by atoms with van der Waals surface area (Å²) in [7, 11) is 0. The molecule has 3 heteroatoms. The van der Waals surface area contributed by atoms with Crippen LogP contribution in [0.2, 0.25) is 0 Å². The number of rotatable bonds is 6. The van der Waals surface area contributed by atoms with Crippen LogP contribution in [0.3, 0.4) is 0 Å². The second kappa shape index (κ2) is 15.1. The first-order chi connectivity index (χ1) is 34.7. The topological polar surface area (TPSA) is 9.86 Å². The third-order valence-corrected chi connectivity index (χ3v) is 16.3.